The van der Waals surface area contributed by atoms with E-state index in [0.717, 1.165) is 25.7 Å². The van der Waals surface area contributed by atoms with Crippen molar-refractivity contribution in [3.8, 4) is 0 Å². The summed E-state index contributed by atoms with van der Waals surface area (Å²) < 4.78 is 18.7. The van der Waals surface area contributed by atoms with E-state index >= 15 is 0 Å². The molecule has 0 N–H and O–H groups in total. The molecule has 0 aliphatic carbocycles. The van der Waals surface area contributed by atoms with Crippen LogP contribution in [0, 0.1) is 5.82 Å². The van der Waals surface area contributed by atoms with E-state index in [1.54, 1.807) is 6.92 Å². The molecule has 126 valence electrons. The Labute approximate surface area is 144 Å². The van der Waals surface area contributed by atoms with Crippen LogP contribution in [0.15, 0.2) is 22.7 Å². The van der Waals surface area contributed by atoms with Gasteiger partial charge >= 0.3 is 5.97 Å². The summed E-state index contributed by atoms with van der Waals surface area (Å²) >= 11 is 3.14. The smallest absolute Gasteiger partial charge is 0.340 e. The van der Waals surface area contributed by atoms with Gasteiger partial charge in [-0.2, -0.15) is 0 Å². The van der Waals surface area contributed by atoms with Crippen LogP contribution < -0.4 is 0 Å². The summed E-state index contributed by atoms with van der Waals surface area (Å²) in [5.41, 5.74) is 0.205. The van der Waals surface area contributed by atoms with Gasteiger partial charge in [-0.15, -0.1) is 0 Å². The Bertz CT molecular complexity index is 593. The number of piperidine rings is 1. The number of likely N-dealkylation sites (tertiary alicyclic amines) is 1. The highest BCUT2D eigenvalue weighted by Gasteiger charge is 2.30. The molecule has 1 aliphatic rings. The van der Waals surface area contributed by atoms with Gasteiger partial charge in [-0.05, 0) is 66.7 Å². The van der Waals surface area contributed by atoms with Crippen LogP contribution in [0.25, 0.3) is 0 Å². The van der Waals surface area contributed by atoms with Crippen molar-refractivity contribution in [2.24, 2.45) is 0 Å². The molecule has 1 aromatic carbocycles. The van der Waals surface area contributed by atoms with Gasteiger partial charge in [-0.25, -0.2) is 9.18 Å². The Hall–Kier alpha value is -1.43. The molecule has 0 spiro atoms. The monoisotopic (exact) mass is 385 g/mol. The molecule has 4 nitrogen and oxygen atoms in total. The number of nitrogens with zero attached hydrogens (tertiary/aromatic N) is 1. The predicted molar refractivity (Wildman–Crippen MR) is 88.6 cm³/mol. The SMILES string of the molecule is CCC1CCCCN1C(=O)C(C)OC(=O)c1ccc(F)cc1Br. The quantitative estimate of drug-likeness (QED) is 0.737. The summed E-state index contributed by atoms with van der Waals surface area (Å²) in [6.07, 6.45) is 3.14. The molecule has 2 atom stereocenters. The van der Waals surface area contributed by atoms with Gasteiger partial charge in [-0.1, -0.05) is 6.92 Å². The number of esters is 1. The van der Waals surface area contributed by atoms with Gasteiger partial charge in [0.1, 0.15) is 5.82 Å². The van der Waals surface area contributed by atoms with Crippen LogP contribution in [0.2, 0.25) is 0 Å². The third-order valence-electron chi connectivity index (χ3n) is 4.16. The summed E-state index contributed by atoms with van der Waals surface area (Å²) in [6, 6.07) is 3.94. The van der Waals surface area contributed by atoms with Crippen molar-refractivity contribution in [2.75, 3.05) is 6.54 Å². The van der Waals surface area contributed by atoms with Crippen LogP contribution in [0.3, 0.4) is 0 Å². The lowest BCUT2D eigenvalue weighted by Crippen LogP contribution is -2.48. The number of ether oxygens (including phenoxy) is 1. The van der Waals surface area contributed by atoms with Gasteiger partial charge in [0, 0.05) is 17.1 Å². The minimum Gasteiger partial charge on any atom is -0.449 e. The normalized spacial score (nSPS) is 19.3. The molecule has 6 heteroatoms. The van der Waals surface area contributed by atoms with E-state index in [4.69, 9.17) is 4.74 Å². The highest BCUT2D eigenvalue weighted by molar-refractivity contribution is 9.10. The average molecular weight is 386 g/mol. The van der Waals surface area contributed by atoms with Crippen LogP contribution in [0.5, 0.6) is 0 Å². The number of benzene rings is 1. The van der Waals surface area contributed by atoms with Gasteiger partial charge in [0.2, 0.25) is 0 Å². The molecule has 23 heavy (non-hydrogen) atoms. The molecule has 1 fully saturated rings. The van der Waals surface area contributed by atoms with Crippen LogP contribution in [-0.2, 0) is 9.53 Å². The lowest BCUT2D eigenvalue weighted by atomic mass is 9.99. The summed E-state index contributed by atoms with van der Waals surface area (Å²) in [6.45, 7) is 4.35. The van der Waals surface area contributed by atoms with Crippen molar-refractivity contribution < 1.29 is 18.7 Å². The van der Waals surface area contributed by atoms with E-state index in [0.29, 0.717) is 11.0 Å². The van der Waals surface area contributed by atoms with Crippen LogP contribution >= 0.6 is 15.9 Å². The first-order chi connectivity index (χ1) is 10.9. The van der Waals surface area contributed by atoms with E-state index in [2.05, 4.69) is 22.9 Å². The van der Waals surface area contributed by atoms with Crippen molar-refractivity contribution >= 4 is 27.8 Å². The number of halogens is 2. The number of carbonyl (C=O) groups is 2. The predicted octanol–water partition coefficient (Wildman–Crippen LogP) is 3.92. The molecule has 0 bridgehead atoms. The van der Waals surface area contributed by atoms with Crippen molar-refractivity contribution in [3.63, 3.8) is 0 Å². The van der Waals surface area contributed by atoms with Crippen LogP contribution in [-0.4, -0.2) is 35.5 Å². The molecular weight excluding hydrogens is 365 g/mol. The van der Waals surface area contributed by atoms with E-state index in [-0.39, 0.29) is 17.5 Å². The fraction of sp³-hybridized carbons (Fsp3) is 0.529. The summed E-state index contributed by atoms with van der Waals surface area (Å²) in [5, 5.41) is 0. The number of rotatable bonds is 4. The Balaban J connectivity index is 2.03. The van der Waals surface area contributed by atoms with Crippen molar-refractivity contribution in [2.45, 2.75) is 51.7 Å². The standard InChI is InChI=1S/C17H21BrFNO3/c1-3-13-6-4-5-9-20(13)16(21)11(2)23-17(22)14-8-7-12(19)10-15(14)18/h7-8,10-11,13H,3-6,9H2,1-2H3. The average Bonchev–Trinajstić information content (AvgIpc) is 2.53. The van der Waals surface area contributed by atoms with Crippen molar-refractivity contribution in [1.82, 2.24) is 4.90 Å². The topological polar surface area (TPSA) is 46.6 Å². The molecule has 1 heterocycles. The zero-order valence-corrected chi connectivity index (χ0v) is 14.9. The molecule has 1 aliphatic heterocycles. The van der Waals surface area contributed by atoms with Gasteiger partial charge < -0.3 is 9.64 Å². The Kier molecular flexibility index (Phi) is 6.16. The van der Waals surface area contributed by atoms with E-state index < -0.39 is 17.9 Å². The zero-order chi connectivity index (χ0) is 17.0. The third-order valence-corrected chi connectivity index (χ3v) is 4.82. The largest absolute Gasteiger partial charge is 0.449 e. The van der Waals surface area contributed by atoms with Gasteiger partial charge in [0.05, 0.1) is 5.56 Å². The molecule has 1 saturated heterocycles. The second-order valence-corrected chi connectivity index (χ2v) is 6.62. The molecule has 0 radical (unpaired) electrons. The maximum atomic E-state index is 13.1. The fourth-order valence-electron chi connectivity index (χ4n) is 2.88. The van der Waals surface area contributed by atoms with Gasteiger partial charge in [-0.3, -0.25) is 4.79 Å². The van der Waals surface area contributed by atoms with E-state index in [9.17, 15) is 14.0 Å². The Morgan fingerprint density at radius 1 is 1.43 bits per heavy atom. The fourth-order valence-corrected chi connectivity index (χ4v) is 3.39. The summed E-state index contributed by atoms with van der Waals surface area (Å²) in [7, 11) is 0. The maximum Gasteiger partial charge on any atom is 0.340 e. The molecule has 0 saturated carbocycles. The Morgan fingerprint density at radius 3 is 2.83 bits per heavy atom. The van der Waals surface area contributed by atoms with Crippen LogP contribution in [0.1, 0.15) is 49.9 Å². The summed E-state index contributed by atoms with van der Waals surface area (Å²) in [5.74, 6) is -1.25. The molecule has 1 aromatic rings. The first kappa shape index (κ1) is 17.9. The number of amides is 1. The molecular formula is C17H21BrFNO3. The first-order valence-electron chi connectivity index (χ1n) is 7.90. The number of carbonyl (C=O) groups excluding carboxylic acids is 2. The van der Waals surface area contributed by atoms with Crippen molar-refractivity contribution in [3.05, 3.63) is 34.1 Å². The molecule has 0 aromatic heterocycles. The number of hydrogen-bond donors (Lipinski definition) is 0. The number of hydrogen-bond acceptors (Lipinski definition) is 3. The van der Waals surface area contributed by atoms with E-state index in [1.165, 1.54) is 18.2 Å². The van der Waals surface area contributed by atoms with Crippen molar-refractivity contribution in [1.29, 1.82) is 0 Å². The first-order valence-corrected chi connectivity index (χ1v) is 8.69. The maximum absolute atomic E-state index is 13.1. The minimum atomic E-state index is -0.855. The molecule has 1 amide bonds. The minimum absolute atomic E-state index is 0.164. The lowest BCUT2D eigenvalue weighted by molar-refractivity contribution is -0.143. The van der Waals surface area contributed by atoms with Gasteiger partial charge in [0.25, 0.3) is 5.91 Å². The lowest BCUT2D eigenvalue weighted by Gasteiger charge is -2.36. The summed E-state index contributed by atoms with van der Waals surface area (Å²) in [4.78, 5) is 26.6. The zero-order valence-electron chi connectivity index (χ0n) is 13.4. The Morgan fingerprint density at radius 2 is 2.17 bits per heavy atom. The highest BCUT2D eigenvalue weighted by atomic mass is 79.9. The van der Waals surface area contributed by atoms with E-state index in [1.807, 2.05) is 4.90 Å². The third kappa shape index (κ3) is 4.31. The highest BCUT2D eigenvalue weighted by Crippen LogP contribution is 2.22. The van der Waals surface area contributed by atoms with Gasteiger partial charge in [0.15, 0.2) is 6.10 Å². The second-order valence-electron chi connectivity index (χ2n) is 5.76. The molecule has 2 unspecified atom stereocenters. The molecule has 2 rings (SSSR count). The van der Waals surface area contributed by atoms with Crippen LogP contribution in [0.4, 0.5) is 4.39 Å². The second kappa shape index (κ2) is 7.90.